The SMILES string of the molecule is O=Cc1c(C(F)F)cc(Br)nc1[N+](=O)[O-]. The van der Waals surface area contributed by atoms with Gasteiger partial charge in [0.1, 0.15) is 5.56 Å². The third-order valence-corrected chi connectivity index (χ3v) is 1.97. The minimum atomic E-state index is -2.97. The molecule has 0 unspecified atom stereocenters. The third kappa shape index (κ3) is 2.32. The van der Waals surface area contributed by atoms with Gasteiger partial charge in [-0.3, -0.25) is 4.79 Å². The van der Waals surface area contributed by atoms with Crippen molar-refractivity contribution in [2.45, 2.75) is 6.43 Å². The molecule has 1 aromatic rings. The van der Waals surface area contributed by atoms with Gasteiger partial charge < -0.3 is 10.1 Å². The minimum Gasteiger partial charge on any atom is -0.358 e. The van der Waals surface area contributed by atoms with Crippen molar-refractivity contribution in [2.24, 2.45) is 0 Å². The first-order chi connectivity index (χ1) is 6.97. The van der Waals surface area contributed by atoms with Crippen molar-refractivity contribution in [2.75, 3.05) is 0 Å². The van der Waals surface area contributed by atoms with Crippen molar-refractivity contribution < 1.29 is 18.5 Å². The number of aromatic nitrogens is 1. The fourth-order valence-corrected chi connectivity index (χ4v) is 1.38. The van der Waals surface area contributed by atoms with Crippen molar-refractivity contribution in [1.82, 2.24) is 4.98 Å². The molecule has 0 aliphatic rings. The molecule has 1 rings (SSSR count). The highest BCUT2D eigenvalue weighted by molar-refractivity contribution is 9.10. The Morgan fingerprint density at radius 2 is 2.20 bits per heavy atom. The van der Waals surface area contributed by atoms with Crippen LogP contribution < -0.4 is 0 Å². The molecule has 0 radical (unpaired) electrons. The Kier molecular flexibility index (Phi) is 3.40. The van der Waals surface area contributed by atoms with Crippen LogP contribution in [-0.2, 0) is 0 Å². The van der Waals surface area contributed by atoms with E-state index in [0.717, 1.165) is 6.07 Å². The quantitative estimate of drug-likeness (QED) is 0.369. The topological polar surface area (TPSA) is 73.1 Å². The maximum absolute atomic E-state index is 12.4. The van der Waals surface area contributed by atoms with E-state index >= 15 is 0 Å². The molecular formula is C7H3BrF2N2O3. The van der Waals surface area contributed by atoms with Crippen LogP contribution in [0.5, 0.6) is 0 Å². The lowest BCUT2D eigenvalue weighted by atomic mass is 10.1. The molecule has 0 fully saturated rings. The molecule has 0 aliphatic heterocycles. The fraction of sp³-hybridized carbons (Fsp3) is 0.143. The predicted octanol–water partition coefficient (Wildman–Crippen LogP) is 2.50. The van der Waals surface area contributed by atoms with Crippen LogP contribution in [0.2, 0.25) is 0 Å². The van der Waals surface area contributed by atoms with Crippen LogP contribution in [-0.4, -0.2) is 16.2 Å². The van der Waals surface area contributed by atoms with Gasteiger partial charge in [0.05, 0.1) is 0 Å². The second kappa shape index (κ2) is 4.39. The summed E-state index contributed by atoms with van der Waals surface area (Å²) in [6, 6.07) is 0.876. The number of rotatable bonds is 3. The number of halogens is 3. The first-order valence-electron chi connectivity index (χ1n) is 3.55. The largest absolute Gasteiger partial charge is 0.375 e. The van der Waals surface area contributed by atoms with Crippen LogP contribution >= 0.6 is 15.9 Å². The summed E-state index contributed by atoms with van der Waals surface area (Å²) >= 11 is 2.75. The van der Waals surface area contributed by atoms with E-state index < -0.39 is 28.3 Å². The van der Waals surface area contributed by atoms with Crippen LogP contribution in [0.3, 0.4) is 0 Å². The van der Waals surface area contributed by atoms with Gasteiger partial charge in [-0.15, -0.1) is 0 Å². The lowest BCUT2D eigenvalue weighted by molar-refractivity contribution is -0.389. The number of nitrogens with zero attached hydrogens (tertiary/aromatic N) is 2. The number of hydrogen-bond donors (Lipinski definition) is 0. The number of aldehydes is 1. The summed E-state index contributed by atoms with van der Waals surface area (Å²) in [5.74, 6) is -0.880. The fourth-order valence-electron chi connectivity index (χ4n) is 0.969. The molecule has 0 spiro atoms. The van der Waals surface area contributed by atoms with Crippen LogP contribution in [0.15, 0.2) is 10.7 Å². The molecule has 15 heavy (non-hydrogen) atoms. The van der Waals surface area contributed by atoms with Gasteiger partial charge >= 0.3 is 5.82 Å². The molecule has 8 heteroatoms. The third-order valence-electron chi connectivity index (χ3n) is 1.57. The number of carbonyl (C=O) groups is 1. The lowest BCUT2D eigenvalue weighted by Gasteiger charge is -2.03. The number of carbonyl (C=O) groups excluding carboxylic acids is 1. The standard InChI is InChI=1S/C7H3BrF2N2O3/c8-5-1-3(6(9)10)4(2-13)7(11-5)12(14)15/h1-2,6H. The van der Waals surface area contributed by atoms with Crippen molar-refractivity contribution in [3.8, 4) is 0 Å². The smallest absolute Gasteiger partial charge is 0.358 e. The van der Waals surface area contributed by atoms with Crippen molar-refractivity contribution in [3.63, 3.8) is 0 Å². The Labute approximate surface area is 90.4 Å². The van der Waals surface area contributed by atoms with Gasteiger partial charge in [-0.2, -0.15) is 0 Å². The van der Waals surface area contributed by atoms with Gasteiger partial charge in [-0.05, 0) is 9.91 Å². The van der Waals surface area contributed by atoms with Gasteiger partial charge in [-0.25, -0.2) is 8.78 Å². The number of alkyl halides is 2. The van der Waals surface area contributed by atoms with Gasteiger partial charge in [0.2, 0.25) is 4.60 Å². The zero-order chi connectivity index (χ0) is 11.6. The Bertz CT molecular complexity index is 425. The summed E-state index contributed by atoms with van der Waals surface area (Å²) in [5, 5.41) is 10.4. The van der Waals surface area contributed by atoms with Crippen LogP contribution in [0, 0.1) is 10.1 Å². The van der Waals surface area contributed by atoms with Gasteiger partial charge in [-0.1, -0.05) is 0 Å². The molecule has 0 saturated carbocycles. The molecule has 0 saturated heterocycles. The summed E-state index contributed by atoms with van der Waals surface area (Å²) in [6.45, 7) is 0. The zero-order valence-electron chi connectivity index (χ0n) is 6.99. The highest BCUT2D eigenvalue weighted by Crippen LogP contribution is 2.29. The normalized spacial score (nSPS) is 10.4. The molecule has 0 bridgehead atoms. The van der Waals surface area contributed by atoms with Gasteiger partial charge in [0.15, 0.2) is 6.29 Å². The zero-order valence-corrected chi connectivity index (χ0v) is 8.57. The number of nitro groups is 1. The Morgan fingerprint density at radius 3 is 2.60 bits per heavy atom. The average Bonchev–Trinajstić information content (AvgIpc) is 2.16. The highest BCUT2D eigenvalue weighted by Gasteiger charge is 2.25. The summed E-state index contributed by atoms with van der Waals surface area (Å²) in [7, 11) is 0. The first kappa shape index (κ1) is 11.6. The first-order valence-corrected chi connectivity index (χ1v) is 4.34. The Hall–Kier alpha value is -1.44. The van der Waals surface area contributed by atoms with E-state index in [2.05, 4.69) is 20.9 Å². The molecule has 1 heterocycles. The molecule has 0 N–H and O–H groups in total. The summed E-state index contributed by atoms with van der Waals surface area (Å²) < 4.78 is 24.7. The van der Waals surface area contributed by atoms with E-state index in [-0.39, 0.29) is 10.9 Å². The predicted molar refractivity (Wildman–Crippen MR) is 48.9 cm³/mol. The van der Waals surface area contributed by atoms with Crippen LogP contribution in [0.25, 0.3) is 0 Å². The van der Waals surface area contributed by atoms with E-state index in [0.29, 0.717) is 0 Å². The van der Waals surface area contributed by atoms with Crippen molar-refractivity contribution in [3.05, 3.63) is 31.9 Å². The van der Waals surface area contributed by atoms with Crippen LogP contribution in [0.1, 0.15) is 22.3 Å². The lowest BCUT2D eigenvalue weighted by Crippen LogP contribution is -2.03. The molecular weight excluding hydrogens is 278 g/mol. The Balaban J connectivity index is 3.52. The van der Waals surface area contributed by atoms with Gasteiger partial charge in [0.25, 0.3) is 6.43 Å². The maximum Gasteiger partial charge on any atom is 0.375 e. The van der Waals surface area contributed by atoms with Crippen LogP contribution in [0.4, 0.5) is 14.6 Å². The molecule has 0 atom stereocenters. The summed E-state index contributed by atoms with van der Waals surface area (Å²) in [5.41, 5.74) is -1.41. The molecule has 0 aromatic carbocycles. The molecule has 0 amide bonds. The second-order valence-electron chi connectivity index (χ2n) is 2.45. The number of hydrogen-bond acceptors (Lipinski definition) is 4. The molecule has 1 aromatic heterocycles. The molecule has 5 nitrogen and oxygen atoms in total. The average molecular weight is 281 g/mol. The summed E-state index contributed by atoms with van der Waals surface area (Å²) in [4.78, 5) is 23.3. The van der Waals surface area contributed by atoms with E-state index in [1.54, 1.807) is 0 Å². The van der Waals surface area contributed by atoms with E-state index in [4.69, 9.17) is 0 Å². The maximum atomic E-state index is 12.4. The highest BCUT2D eigenvalue weighted by atomic mass is 79.9. The van der Waals surface area contributed by atoms with Crippen molar-refractivity contribution in [1.29, 1.82) is 0 Å². The van der Waals surface area contributed by atoms with E-state index in [9.17, 15) is 23.7 Å². The van der Waals surface area contributed by atoms with Gasteiger partial charge in [0, 0.05) is 27.6 Å². The molecule has 0 aliphatic carbocycles. The second-order valence-corrected chi connectivity index (χ2v) is 3.26. The minimum absolute atomic E-state index is 0.000926. The summed E-state index contributed by atoms with van der Waals surface area (Å²) in [6.07, 6.45) is -2.97. The molecule has 80 valence electrons. The Morgan fingerprint density at radius 1 is 1.60 bits per heavy atom. The monoisotopic (exact) mass is 280 g/mol. The van der Waals surface area contributed by atoms with Crippen molar-refractivity contribution >= 4 is 28.0 Å². The van der Waals surface area contributed by atoms with E-state index in [1.807, 2.05) is 0 Å². The van der Waals surface area contributed by atoms with E-state index in [1.165, 1.54) is 0 Å². The number of pyridine rings is 1.